The molecule has 0 amide bonds. The Bertz CT molecular complexity index is 301. The van der Waals surface area contributed by atoms with E-state index in [1.807, 2.05) is 6.92 Å². The van der Waals surface area contributed by atoms with Gasteiger partial charge in [0, 0.05) is 13.1 Å². The topological polar surface area (TPSA) is 94.9 Å². The Morgan fingerprint density at radius 3 is 2.38 bits per heavy atom. The van der Waals surface area contributed by atoms with E-state index in [-0.39, 0.29) is 13.2 Å². The van der Waals surface area contributed by atoms with Crippen molar-refractivity contribution in [2.75, 3.05) is 25.4 Å². The van der Waals surface area contributed by atoms with Crippen molar-refractivity contribution in [2.45, 2.75) is 26.2 Å². The minimum Gasteiger partial charge on any atom is -0.481 e. The number of carbonyl (C=O) groups is 1. The van der Waals surface area contributed by atoms with Gasteiger partial charge in [-0.3, -0.25) is 4.79 Å². The molecule has 96 valence electrons. The standard InChI is InChI=1S/C9H19NO5S/c1-2-3-5-10(6-7-11)16(14,15)8-4-9(12)13/h11H,2-8H2,1H3,(H,12,13). The second kappa shape index (κ2) is 7.59. The average Bonchev–Trinajstić information content (AvgIpc) is 2.21. The van der Waals surface area contributed by atoms with Crippen LogP contribution in [-0.4, -0.2) is 54.4 Å². The highest BCUT2D eigenvalue weighted by Crippen LogP contribution is 2.05. The lowest BCUT2D eigenvalue weighted by Crippen LogP contribution is -2.36. The maximum atomic E-state index is 11.7. The Balaban J connectivity index is 4.42. The molecule has 7 heteroatoms. The van der Waals surface area contributed by atoms with Crippen LogP contribution in [0.1, 0.15) is 26.2 Å². The summed E-state index contributed by atoms with van der Waals surface area (Å²) >= 11 is 0. The largest absolute Gasteiger partial charge is 0.481 e. The summed E-state index contributed by atoms with van der Waals surface area (Å²) in [5, 5.41) is 17.2. The molecule has 0 atom stereocenters. The number of aliphatic hydroxyl groups excluding tert-OH is 1. The maximum absolute atomic E-state index is 11.7. The quantitative estimate of drug-likeness (QED) is 0.597. The number of carboxylic acids is 1. The molecule has 0 aromatic heterocycles. The molecule has 0 unspecified atom stereocenters. The zero-order valence-electron chi connectivity index (χ0n) is 9.42. The summed E-state index contributed by atoms with van der Waals surface area (Å²) in [5.41, 5.74) is 0. The Morgan fingerprint density at radius 2 is 1.94 bits per heavy atom. The van der Waals surface area contributed by atoms with E-state index >= 15 is 0 Å². The third-order valence-electron chi connectivity index (χ3n) is 2.08. The van der Waals surface area contributed by atoms with Crippen LogP contribution in [-0.2, 0) is 14.8 Å². The minimum atomic E-state index is -3.56. The van der Waals surface area contributed by atoms with E-state index in [1.54, 1.807) is 0 Å². The van der Waals surface area contributed by atoms with Gasteiger partial charge in [0.05, 0.1) is 18.8 Å². The van der Waals surface area contributed by atoms with E-state index < -0.39 is 28.2 Å². The molecule has 0 spiro atoms. The van der Waals surface area contributed by atoms with Crippen LogP contribution in [0.2, 0.25) is 0 Å². The smallest absolute Gasteiger partial charge is 0.304 e. The number of aliphatic hydroxyl groups is 1. The molecule has 0 aromatic rings. The molecule has 6 nitrogen and oxygen atoms in total. The molecule has 16 heavy (non-hydrogen) atoms. The molecule has 0 rings (SSSR count). The van der Waals surface area contributed by atoms with Crippen LogP contribution in [0.15, 0.2) is 0 Å². The van der Waals surface area contributed by atoms with Crippen molar-refractivity contribution >= 4 is 16.0 Å². The van der Waals surface area contributed by atoms with Gasteiger partial charge in [-0.2, -0.15) is 4.31 Å². The maximum Gasteiger partial charge on any atom is 0.304 e. The van der Waals surface area contributed by atoms with Crippen LogP contribution in [0.25, 0.3) is 0 Å². The zero-order valence-corrected chi connectivity index (χ0v) is 10.2. The third-order valence-corrected chi connectivity index (χ3v) is 3.95. The van der Waals surface area contributed by atoms with Crippen molar-refractivity contribution in [2.24, 2.45) is 0 Å². The lowest BCUT2D eigenvalue weighted by atomic mass is 10.3. The normalized spacial score (nSPS) is 11.9. The fraction of sp³-hybridized carbons (Fsp3) is 0.889. The van der Waals surface area contributed by atoms with Crippen molar-refractivity contribution in [3.63, 3.8) is 0 Å². The molecule has 0 aliphatic heterocycles. The van der Waals surface area contributed by atoms with E-state index in [9.17, 15) is 13.2 Å². The highest BCUT2D eigenvalue weighted by Gasteiger charge is 2.21. The second-order valence-corrected chi connectivity index (χ2v) is 5.52. The van der Waals surface area contributed by atoms with E-state index in [0.717, 1.165) is 10.7 Å². The van der Waals surface area contributed by atoms with Crippen LogP contribution < -0.4 is 0 Å². The summed E-state index contributed by atoms with van der Waals surface area (Å²) in [6.07, 6.45) is 1.14. The molecule has 0 radical (unpaired) electrons. The second-order valence-electron chi connectivity index (χ2n) is 3.44. The van der Waals surface area contributed by atoms with Crippen molar-refractivity contribution < 1.29 is 23.4 Å². The first-order valence-electron chi connectivity index (χ1n) is 5.24. The third kappa shape index (κ3) is 6.04. The molecule has 2 N–H and O–H groups in total. The summed E-state index contributed by atoms with van der Waals surface area (Å²) in [5.74, 6) is -1.55. The first-order chi connectivity index (χ1) is 7.44. The van der Waals surface area contributed by atoms with Crippen molar-refractivity contribution in [3.05, 3.63) is 0 Å². The molecular formula is C9H19NO5S. The Labute approximate surface area is 95.9 Å². The number of sulfonamides is 1. The SMILES string of the molecule is CCCCN(CCO)S(=O)(=O)CCC(=O)O. The van der Waals surface area contributed by atoms with Crippen molar-refractivity contribution in [3.8, 4) is 0 Å². The average molecular weight is 253 g/mol. The van der Waals surface area contributed by atoms with Gasteiger partial charge in [-0.1, -0.05) is 13.3 Å². The highest BCUT2D eigenvalue weighted by atomic mass is 32.2. The van der Waals surface area contributed by atoms with E-state index in [2.05, 4.69) is 0 Å². The number of hydrogen-bond acceptors (Lipinski definition) is 4. The van der Waals surface area contributed by atoms with Gasteiger partial charge in [0.2, 0.25) is 10.0 Å². The number of unbranched alkanes of at least 4 members (excludes halogenated alkanes) is 1. The van der Waals surface area contributed by atoms with Gasteiger partial charge in [0.15, 0.2) is 0 Å². The predicted molar refractivity (Wildman–Crippen MR) is 59.6 cm³/mol. The molecule has 0 fully saturated rings. The van der Waals surface area contributed by atoms with Crippen molar-refractivity contribution in [1.29, 1.82) is 0 Å². The van der Waals surface area contributed by atoms with Crippen LogP contribution >= 0.6 is 0 Å². The molecule has 0 aromatic carbocycles. The van der Waals surface area contributed by atoms with Gasteiger partial charge in [-0.05, 0) is 6.42 Å². The summed E-state index contributed by atoms with van der Waals surface area (Å²) < 4.78 is 24.5. The molecule has 0 aliphatic rings. The number of aliphatic carboxylic acids is 1. The fourth-order valence-electron chi connectivity index (χ4n) is 1.18. The zero-order chi connectivity index (χ0) is 12.6. The number of hydrogen-bond donors (Lipinski definition) is 2. The monoisotopic (exact) mass is 253 g/mol. The van der Waals surface area contributed by atoms with Gasteiger partial charge >= 0.3 is 5.97 Å². The summed E-state index contributed by atoms with van der Waals surface area (Å²) in [4.78, 5) is 10.3. The first-order valence-corrected chi connectivity index (χ1v) is 6.85. The summed E-state index contributed by atoms with van der Waals surface area (Å²) in [7, 11) is -3.56. The summed E-state index contributed by atoms with van der Waals surface area (Å²) in [6.45, 7) is 2.04. The van der Waals surface area contributed by atoms with Crippen LogP contribution in [0.4, 0.5) is 0 Å². The van der Waals surface area contributed by atoms with Crippen LogP contribution in [0, 0.1) is 0 Å². The van der Waals surface area contributed by atoms with Gasteiger partial charge in [0.1, 0.15) is 0 Å². The van der Waals surface area contributed by atoms with Gasteiger partial charge in [-0.15, -0.1) is 0 Å². The number of nitrogens with zero attached hydrogens (tertiary/aromatic N) is 1. The van der Waals surface area contributed by atoms with Gasteiger partial charge < -0.3 is 10.2 Å². The lowest BCUT2D eigenvalue weighted by Gasteiger charge is -2.20. The molecule has 0 bridgehead atoms. The lowest BCUT2D eigenvalue weighted by molar-refractivity contribution is -0.136. The molecular weight excluding hydrogens is 234 g/mol. The van der Waals surface area contributed by atoms with Crippen molar-refractivity contribution in [1.82, 2.24) is 4.31 Å². The molecule has 0 aliphatic carbocycles. The first kappa shape index (κ1) is 15.3. The Morgan fingerprint density at radius 1 is 1.31 bits per heavy atom. The van der Waals surface area contributed by atoms with Gasteiger partial charge in [-0.25, -0.2) is 8.42 Å². The number of rotatable bonds is 9. The number of carboxylic acid groups (broad SMARTS) is 1. The van der Waals surface area contributed by atoms with Crippen LogP contribution in [0.5, 0.6) is 0 Å². The van der Waals surface area contributed by atoms with E-state index in [0.29, 0.717) is 13.0 Å². The summed E-state index contributed by atoms with van der Waals surface area (Å²) in [6, 6.07) is 0. The Hall–Kier alpha value is -0.660. The highest BCUT2D eigenvalue weighted by molar-refractivity contribution is 7.89. The predicted octanol–water partition coefficient (Wildman–Crippen LogP) is -0.115. The molecule has 0 saturated heterocycles. The Kier molecular flexibility index (Phi) is 7.27. The minimum absolute atomic E-state index is 0.0297. The van der Waals surface area contributed by atoms with E-state index in [4.69, 9.17) is 10.2 Å². The van der Waals surface area contributed by atoms with Gasteiger partial charge in [0.25, 0.3) is 0 Å². The van der Waals surface area contributed by atoms with E-state index in [1.165, 1.54) is 0 Å². The fourth-order valence-corrected chi connectivity index (χ4v) is 2.64. The molecule has 0 heterocycles. The molecule has 0 saturated carbocycles. The van der Waals surface area contributed by atoms with Crippen LogP contribution in [0.3, 0.4) is 0 Å².